The minimum atomic E-state index is 0.0581. The predicted octanol–water partition coefficient (Wildman–Crippen LogP) is 1.98. The van der Waals surface area contributed by atoms with Crippen molar-refractivity contribution in [2.75, 3.05) is 32.0 Å². The van der Waals surface area contributed by atoms with Crippen LogP contribution in [0.5, 0.6) is 0 Å². The zero-order chi connectivity index (χ0) is 22.1. The smallest absolute Gasteiger partial charge is 0.227 e. The number of carbonyl (C=O) groups is 2. The number of hydrogen-bond acceptors (Lipinski definition) is 7. The molecule has 2 amide bonds. The van der Waals surface area contributed by atoms with E-state index in [9.17, 15) is 9.59 Å². The molecular formula is C22H30N6O3. The summed E-state index contributed by atoms with van der Waals surface area (Å²) in [6, 6.07) is 0. The average Bonchev–Trinajstić information content (AvgIpc) is 3.10. The first-order chi connectivity index (χ1) is 14.9. The number of amides is 2. The Morgan fingerprint density at radius 2 is 1.87 bits per heavy atom. The van der Waals surface area contributed by atoms with E-state index in [1.807, 2.05) is 30.7 Å². The van der Waals surface area contributed by atoms with Crippen LogP contribution in [0.4, 0.5) is 5.82 Å². The molecule has 4 heterocycles. The first-order valence-electron chi connectivity index (χ1n) is 10.9. The average molecular weight is 427 g/mol. The van der Waals surface area contributed by atoms with Gasteiger partial charge in [0.05, 0.1) is 24.4 Å². The summed E-state index contributed by atoms with van der Waals surface area (Å²) in [6.45, 7) is 7.95. The second-order valence-electron chi connectivity index (χ2n) is 8.43. The van der Waals surface area contributed by atoms with Crippen LogP contribution in [0, 0.1) is 13.8 Å². The number of anilines is 1. The summed E-state index contributed by atoms with van der Waals surface area (Å²) in [5.74, 6) is 2.78. The van der Waals surface area contributed by atoms with E-state index < -0.39 is 0 Å². The molecule has 31 heavy (non-hydrogen) atoms. The van der Waals surface area contributed by atoms with E-state index in [0.29, 0.717) is 31.7 Å². The third kappa shape index (κ3) is 4.26. The molecule has 0 radical (unpaired) electrons. The molecule has 0 atom stereocenters. The largest absolute Gasteiger partial charge is 0.373 e. The summed E-state index contributed by atoms with van der Waals surface area (Å²) in [4.78, 5) is 38.0. The van der Waals surface area contributed by atoms with Gasteiger partial charge in [-0.3, -0.25) is 9.59 Å². The maximum atomic E-state index is 12.9. The molecule has 0 saturated carbocycles. The van der Waals surface area contributed by atoms with Crippen LogP contribution in [0.25, 0.3) is 0 Å². The van der Waals surface area contributed by atoms with Gasteiger partial charge in [-0.15, -0.1) is 0 Å². The lowest BCUT2D eigenvalue weighted by molar-refractivity contribution is -0.131. The molecule has 2 aliphatic heterocycles. The molecule has 2 aromatic heterocycles. The molecule has 0 spiro atoms. The van der Waals surface area contributed by atoms with Crippen molar-refractivity contribution in [3.63, 3.8) is 0 Å². The Bertz CT molecular complexity index is 957. The van der Waals surface area contributed by atoms with Crippen LogP contribution in [0.3, 0.4) is 0 Å². The Morgan fingerprint density at radius 1 is 1.13 bits per heavy atom. The molecule has 2 aliphatic rings. The molecule has 9 heteroatoms. The SMILES string of the molecule is CNc1nc(C2CCN(C(C)=O)CC2)nc2c1CN(C(=O)Cc1c(C)noc1C)CC2. The topological polar surface area (TPSA) is 104 Å². The van der Waals surface area contributed by atoms with E-state index in [0.717, 1.165) is 60.1 Å². The molecule has 1 fully saturated rings. The molecule has 0 aromatic carbocycles. The third-order valence-corrected chi connectivity index (χ3v) is 6.48. The van der Waals surface area contributed by atoms with Crippen molar-refractivity contribution in [1.29, 1.82) is 0 Å². The number of hydrogen-bond donors (Lipinski definition) is 1. The minimum absolute atomic E-state index is 0.0581. The van der Waals surface area contributed by atoms with Crippen molar-refractivity contribution in [2.24, 2.45) is 0 Å². The standard InChI is InChI=1S/C22H30N6O3/c1-13-17(14(2)31-26-13)11-20(30)28-10-7-19-18(12-28)22(23-4)25-21(24-19)16-5-8-27(9-6-16)15(3)29/h16H,5-12H2,1-4H3,(H,23,24,25). The highest BCUT2D eigenvalue weighted by molar-refractivity contribution is 5.79. The molecular weight excluding hydrogens is 396 g/mol. The van der Waals surface area contributed by atoms with E-state index in [1.54, 1.807) is 6.92 Å². The number of rotatable bonds is 4. The molecule has 1 saturated heterocycles. The van der Waals surface area contributed by atoms with Gasteiger partial charge in [0, 0.05) is 57.1 Å². The van der Waals surface area contributed by atoms with Gasteiger partial charge in [-0.1, -0.05) is 5.16 Å². The minimum Gasteiger partial charge on any atom is -0.373 e. The van der Waals surface area contributed by atoms with Crippen molar-refractivity contribution >= 4 is 17.6 Å². The maximum absolute atomic E-state index is 12.9. The molecule has 4 rings (SSSR count). The highest BCUT2D eigenvalue weighted by Crippen LogP contribution is 2.31. The van der Waals surface area contributed by atoms with Crippen molar-refractivity contribution in [2.45, 2.75) is 58.9 Å². The summed E-state index contributed by atoms with van der Waals surface area (Å²) >= 11 is 0. The van der Waals surface area contributed by atoms with Crippen LogP contribution in [0.1, 0.15) is 59.8 Å². The number of aromatic nitrogens is 3. The van der Waals surface area contributed by atoms with Gasteiger partial charge in [0.15, 0.2) is 0 Å². The zero-order valence-electron chi connectivity index (χ0n) is 18.7. The van der Waals surface area contributed by atoms with Crippen molar-refractivity contribution in [1.82, 2.24) is 24.9 Å². The van der Waals surface area contributed by atoms with Gasteiger partial charge in [0.2, 0.25) is 11.8 Å². The number of nitrogens with zero attached hydrogens (tertiary/aromatic N) is 5. The van der Waals surface area contributed by atoms with Crippen molar-refractivity contribution in [3.05, 3.63) is 34.1 Å². The fourth-order valence-corrected chi connectivity index (χ4v) is 4.51. The van der Waals surface area contributed by atoms with Crippen LogP contribution in [0.15, 0.2) is 4.52 Å². The maximum Gasteiger partial charge on any atom is 0.227 e. The van der Waals surface area contributed by atoms with E-state index in [-0.39, 0.29) is 17.7 Å². The summed E-state index contributed by atoms with van der Waals surface area (Å²) in [7, 11) is 1.86. The normalized spacial score (nSPS) is 16.9. The lowest BCUT2D eigenvalue weighted by Crippen LogP contribution is -2.39. The van der Waals surface area contributed by atoms with Crippen LogP contribution >= 0.6 is 0 Å². The summed E-state index contributed by atoms with van der Waals surface area (Å²) in [5, 5.41) is 7.15. The fraction of sp³-hybridized carbons (Fsp3) is 0.591. The zero-order valence-corrected chi connectivity index (χ0v) is 18.7. The van der Waals surface area contributed by atoms with Gasteiger partial charge < -0.3 is 19.6 Å². The van der Waals surface area contributed by atoms with Gasteiger partial charge >= 0.3 is 0 Å². The molecule has 1 N–H and O–H groups in total. The number of fused-ring (bicyclic) bond motifs is 1. The van der Waals surface area contributed by atoms with Gasteiger partial charge in [-0.05, 0) is 26.7 Å². The van der Waals surface area contributed by atoms with Crippen molar-refractivity contribution < 1.29 is 14.1 Å². The highest BCUT2D eigenvalue weighted by atomic mass is 16.5. The van der Waals surface area contributed by atoms with E-state index in [4.69, 9.17) is 14.5 Å². The molecule has 0 bridgehead atoms. The van der Waals surface area contributed by atoms with Gasteiger partial charge in [0.1, 0.15) is 17.4 Å². The molecule has 0 aliphatic carbocycles. The number of nitrogens with one attached hydrogen (secondary N) is 1. The Hall–Kier alpha value is -2.97. The van der Waals surface area contributed by atoms with Gasteiger partial charge in [0.25, 0.3) is 0 Å². The Labute approximate surface area is 182 Å². The van der Waals surface area contributed by atoms with Crippen LogP contribution in [-0.2, 0) is 29.0 Å². The molecule has 166 valence electrons. The van der Waals surface area contributed by atoms with Gasteiger partial charge in [-0.25, -0.2) is 9.97 Å². The molecule has 0 unspecified atom stereocenters. The molecule has 2 aromatic rings. The highest BCUT2D eigenvalue weighted by Gasteiger charge is 2.29. The van der Waals surface area contributed by atoms with E-state index in [1.165, 1.54) is 0 Å². The number of likely N-dealkylation sites (tertiary alicyclic amines) is 1. The van der Waals surface area contributed by atoms with Crippen LogP contribution in [-0.4, -0.2) is 63.4 Å². The lowest BCUT2D eigenvalue weighted by atomic mass is 9.95. The monoisotopic (exact) mass is 426 g/mol. The van der Waals surface area contributed by atoms with Crippen molar-refractivity contribution in [3.8, 4) is 0 Å². The van der Waals surface area contributed by atoms with E-state index >= 15 is 0 Å². The lowest BCUT2D eigenvalue weighted by Gasteiger charge is -2.33. The number of piperidine rings is 1. The van der Waals surface area contributed by atoms with E-state index in [2.05, 4.69) is 10.5 Å². The summed E-state index contributed by atoms with van der Waals surface area (Å²) in [5.41, 5.74) is 3.65. The molecule has 9 nitrogen and oxygen atoms in total. The summed E-state index contributed by atoms with van der Waals surface area (Å²) in [6.07, 6.45) is 2.76. The Kier molecular flexibility index (Phi) is 5.93. The van der Waals surface area contributed by atoms with Gasteiger partial charge in [-0.2, -0.15) is 0 Å². The Morgan fingerprint density at radius 3 is 2.48 bits per heavy atom. The first kappa shape index (κ1) is 21.3. The second kappa shape index (κ2) is 8.64. The third-order valence-electron chi connectivity index (χ3n) is 6.48. The second-order valence-corrected chi connectivity index (χ2v) is 8.43. The quantitative estimate of drug-likeness (QED) is 0.797. The first-order valence-corrected chi connectivity index (χ1v) is 10.9. The number of aryl methyl sites for hydroxylation is 2. The Balaban J connectivity index is 1.49. The predicted molar refractivity (Wildman–Crippen MR) is 115 cm³/mol. The van der Waals surface area contributed by atoms with Crippen LogP contribution < -0.4 is 5.32 Å². The summed E-state index contributed by atoms with van der Waals surface area (Å²) < 4.78 is 5.19. The number of carbonyl (C=O) groups excluding carboxylic acids is 2. The van der Waals surface area contributed by atoms with Crippen LogP contribution in [0.2, 0.25) is 0 Å². The fourth-order valence-electron chi connectivity index (χ4n) is 4.51.